The van der Waals surface area contributed by atoms with E-state index in [1.165, 1.54) is 12.1 Å². The Balaban J connectivity index is 2.08. The van der Waals surface area contributed by atoms with E-state index in [0.717, 1.165) is 24.1 Å². The molecule has 1 N–H and O–H groups in total. The van der Waals surface area contributed by atoms with Crippen LogP contribution in [0.1, 0.15) is 37.3 Å². The molecule has 3 rings (SSSR count). The van der Waals surface area contributed by atoms with E-state index in [-0.39, 0.29) is 17.6 Å². The van der Waals surface area contributed by atoms with E-state index in [1.807, 2.05) is 4.90 Å². The topological polar surface area (TPSA) is 56.1 Å². The van der Waals surface area contributed by atoms with Gasteiger partial charge < -0.3 is 10.2 Å². The van der Waals surface area contributed by atoms with Crippen LogP contribution >= 0.6 is 12.2 Å². The highest BCUT2D eigenvalue weighted by atomic mass is 32.1. The van der Waals surface area contributed by atoms with Gasteiger partial charge >= 0.3 is 0 Å². The second-order valence-corrected chi connectivity index (χ2v) is 6.04. The number of ketones is 1. The van der Waals surface area contributed by atoms with Gasteiger partial charge in [-0.3, -0.25) is 4.79 Å². The molecule has 0 aromatic heterocycles. The lowest BCUT2D eigenvalue weighted by Crippen LogP contribution is -2.49. The number of nitriles is 1. The van der Waals surface area contributed by atoms with Gasteiger partial charge in [0, 0.05) is 24.2 Å². The first-order valence-electron chi connectivity index (χ1n) is 7.58. The number of nitrogens with zero attached hydrogens (tertiary/aromatic N) is 2. The molecule has 23 heavy (non-hydrogen) atoms. The number of hydrogen-bond donors (Lipinski definition) is 1. The SMILES string of the molecule is N#CCCN1C(=S)NC2=C(C(=O)CCC2)C1c1ccc(F)cc1. The van der Waals surface area contributed by atoms with Crippen LogP contribution in [0.15, 0.2) is 35.5 Å². The fraction of sp³-hybridized carbons (Fsp3) is 0.353. The molecule has 1 unspecified atom stereocenters. The molecule has 0 radical (unpaired) electrons. The second-order valence-electron chi connectivity index (χ2n) is 5.65. The summed E-state index contributed by atoms with van der Waals surface area (Å²) in [5.41, 5.74) is 2.39. The lowest BCUT2D eigenvalue weighted by Gasteiger charge is -2.42. The van der Waals surface area contributed by atoms with E-state index in [9.17, 15) is 9.18 Å². The number of allylic oxidation sites excluding steroid dienone is 1. The largest absolute Gasteiger partial charge is 0.337 e. The predicted molar refractivity (Wildman–Crippen MR) is 87.7 cm³/mol. The lowest BCUT2D eigenvalue weighted by molar-refractivity contribution is -0.116. The molecule has 1 aliphatic carbocycles. The lowest BCUT2D eigenvalue weighted by atomic mass is 9.84. The third-order valence-electron chi connectivity index (χ3n) is 4.21. The Hall–Kier alpha value is -2.26. The number of halogens is 1. The summed E-state index contributed by atoms with van der Waals surface area (Å²) in [4.78, 5) is 14.4. The van der Waals surface area contributed by atoms with Crippen LogP contribution in [0.3, 0.4) is 0 Å². The van der Waals surface area contributed by atoms with Gasteiger partial charge in [0.15, 0.2) is 10.9 Å². The quantitative estimate of drug-likeness (QED) is 0.864. The fourth-order valence-electron chi connectivity index (χ4n) is 3.18. The second kappa shape index (κ2) is 6.47. The van der Waals surface area contributed by atoms with Gasteiger partial charge in [0.25, 0.3) is 0 Å². The number of thiocarbonyl (C=S) groups is 1. The van der Waals surface area contributed by atoms with Crippen molar-refractivity contribution < 1.29 is 9.18 Å². The molecule has 118 valence electrons. The van der Waals surface area contributed by atoms with Crippen molar-refractivity contribution in [1.82, 2.24) is 10.2 Å². The minimum absolute atomic E-state index is 0.0949. The zero-order valence-corrected chi connectivity index (χ0v) is 13.3. The molecule has 1 aliphatic heterocycles. The predicted octanol–water partition coefficient (Wildman–Crippen LogP) is 2.98. The number of carbonyl (C=O) groups excluding carboxylic acids is 1. The Morgan fingerprint density at radius 1 is 1.35 bits per heavy atom. The van der Waals surface area contributed by atoms with Crippen LogP contribution in [-0.4, -0.2) is 22.3 Å². The third-order valence-corrected chi connectivity index (χ3v) is 4.55. The van der Waals surface area contributed by atoms with Crippen LogP contribution in [0.5, 0.6) is 0 Å². The smallest absolute Gasteiger partial charge is 0.174 e. The van der Waals surface area contributed by atoms with Gasteiger partial charge in [0.1, 0.15) is 5.82 Å². The Bertz CT molecular complexity index is 720. The van der Waals surface area contributed by atoms with E-state index >= 15 is 0 Å². The van der Waals surface area contributed by atoms with Crippen LogP contribution < -0.4 is 5.32 Å². The molecule has 0 saturated heterocycles. The Morgan fingerprint density at radius 3 is 2.78 bits per heavy atom. The first-order valence-corrected chi connectivity index (χ1v) is 7.99. The molecule has 6 heteroatoms. The average Bonchev–Trinajstić information content (AvgIpc) is 2.54. The summed E-state index contributed by atoms with van der Waals surface area (Å²) in [6, 6.07) is 7.89. The van der Waals surface area contributed by atoms with Crippen molar-refractivity contribution in [2.75, 3.05) is 6.54 Å². The first-order chi connectivity index (χ1) is 11.1. The van der Waals surface area contributed by atoms with Crippen molar-refractivity contribution in [3.05, 3.63) is 46.9 Å². The van der Waals surface area contributed by atoms with E-state index in [1.54, 1.807) is 12.1 Å². The molecule has 1 aromatic rings. The first kappa shape index (κ1) is 15.6. The van der Waals surface area contributed by atoms with Gasteiger partial charge in [-0.25, -0.2) is 4.39 Å². The van der Waals surface area contributed by atoms with Crippen molar-refractivity contribution in [1.29, 1.82) is 5.26 Å². The molecule has 0 amide bonds. The molecule has 2 aliphatic rings. The molecule has 1 atom stereocenters. The molecule has 4 nitrogen and oxygen atoms in total. The van der Waals surface area contributed by atoms with Gasteiger partial charge in [-0.15, -0.1) is 0 Å². The maximum Gasteiger partial charge on any atom is 0.174 e. The van der Waals surface area contributed by atoms with Crippen molar-refractivity contribution in [2.24, 2.45) is 0 Å². The molecule has 1 heterocycles. The van der Waals surface area contributed by atoms with Crippen molar-refractivity contribution >= 4 is 23.1 Å². The normalized spacial score (nSPS) is 20.9. The number of nitrogens with one attached hydrogen (secondary N) is 1. The molecule has 0 bridgehead atoms. The van der Waals surface area contributed by atoms with E-state index in [2.05, 4.69) is 11.4 Å². The summed E-state index contributed by atoms with van der Waals surface area (Å²) in [7, 11) is 0. The minimum atomic E-state index is -0.347. The molecule has 0 saturated carbocycles. The van der Waals surface area contributed by atoms with E-state index in [0.29, 0.717) is 30.1 Å². The minimum Gasteiger partial charge on any atom is -0.337 e. The van der Waals surface area contributed by atoms with Crippen LogP contribution in [-0.2, 0) is 4.79 Å². The third kappa shape index (κ3) is 2.97. The monoisotopic (exact) mass is 329 g/mol. The summed E-state index contributed by atoms with van der Waals surface area (Å²) in [6.07, 6.45) is 2.40. The zero-order valence-electron chi connectivity index (χ0n) is 12.5. The molecular weight excluding hydrogens is 313 g/mol. The van der Waals surface area contributed by atoms with Gasteiger partial charge in [-0.1, -0.05) is 12.1 Å². The Labute approximate surface area is 139 Å². The van der Waals surface area contributed by atoms with Gasteiger partial charge in [-0.2, -0.15) is 5.26 Å². The number of hydrogen-bond acceptors (Lipinski definition) is 3. The summed E-state index contributed by atoms with van der Waals surface area (Å²) in [5.74, 6) is -0.226. The highest BCUT2D eigenvalue weighted by Gasteiger charge is 2.37. The van der Waals surface area contributed by atoms with Gasteiger partial charge in [0.2, 0.25) is 0 Å². The number of carbonyl (C=O) groups is 1. The van der Waals surface area contributed by atoms with Gasteiger partial charge in [0.05, 0.1) is 18.5 Å². The van der Waals surface area contributed by atoms with Crippen molar-refractivity contribution in [2.45, 2.75) is 31.7 Å². The summed E-state index contributed by atoms with van der Waals surface area (Å²) < 4.78 is 13.3. The van der Waals surface area contributed by atoms with E-state index < -0.39 is 0 Å². The molecule has 1 aromatic carbocycles. The highest BCUT2D eigenvalue weighted by Crippen LogP contribution is 2.38. The number of benzene rings is 1. The standard InChI is InChI=1S/C17H16FN3OS/c18-12-7-5-11(6-8-12)16-15-13(3-1-4-14(15)22)20-17(23)21(16)10-2-9-19/h5-8,16H,1-4,10H2,(H,20,23). The maximum atomic E-state index is 13.3. The van der Waals surface area contributed by atoms with Crippen LogP contribution in [0.4, 0.5) is 4.39 Å². The number of Topliss-reactive ketones (excluding diaryl/α,β-unsaturated/α-hetero) is 1. The zero-order chi connectivity index (χ0) is 16.4. The fourth-order valence-corrected chi connectivity index (χ4v) is 3.50. The Kier molecular flexibility index (Phi) is 4.39. The van der Waals surface area contributed by atoms with E-state index in [4.69, 9.17) is 17.5 Å². The molecule has 0 spiro atoms. The molecule has 0 fully saturated rings. The number of rotatable bonds is 3. The Morgan fingerprint density at radius 2 is 2.09 bits per heavy atom. The van der Waals surface area contributed by atoms with Gasteiger partial charge in [-0.05, 0) is 42.8 Å². The maximum absolute atomic E-state index is 13.3. The highest BCUT2D eigenvalue weighted by molar-refractivity contribution is 7.80. The van der Waals surface area contributed by atoms with Crippen molar-refractivity contribution in [3.63, 3.8) is 0 Å². The summed E-state index contributed by atoms with van der Waals surface area (Å²) in [6.45, 7) is 0.425. The van der Waals surface area contributed by atoms with Crippen LogP contribution in [0.25, 0.3) is 0 Å². The summed E-state index contributed by atoms with van der Waals surface area (Å²) in [5, 5.41) is 12.6. The van der Waals surface area contributed by atoms with Crippen LogP contribution in [0, 0.1) is 17.1 Å². The summed E-state index contributed by atoms with van der Waals surface area (Å²) >= 11 is 5.44. The average molecular weight is 329 g/mol. The van der Waals surface area contributed by atoms with Crippen molar-refractivity contribution in [3.8, 4) is 6.07 Å². The van der Waals surface area contributed by atoms with Crippen LogP contribution in [0.2, 0.25) is 0 Å². The molecular formula is C17H16FN3OS.